The van der Waals surface area contributed by atoms with Gasteiger partial charge in [0.15, 0.2) is 0 Å². The van der Waals surface area contributed by atoms with Crippen molar-refractivity contribution in [3.05, 3.63) is 83.8 Å². The van der Waals surface area contributed by atoms with Gasteiger partial charge in [0.2, 0.25) is 0 Å². The minimum atomic E-state index is -0.156. The lowest BCUT2D eigenvalue weighted by atomic mass is 10.1. The van der Waals surface area contributed by atoms with Crippen LogP contribution in [0.15, 0.2) is 67.0 Å². The third kappa shape index (κ3) is 4.25. The second-order valence-electron chi connectivity index (χ2n) is 6.01. The Morgan fingerprint density at radius 2 is 1.85 bits per heavy atom. The van der Waals surface area contributed by atoms with Crippen LogP contribution in [0.4, 0.5) is 11.5 Å². The Hall–Kier alpha value is -3.21. The van der Waals surface area contributed by atoms with Crippen LogP contribution >= 0.6 is 0 Å². The number of carbonyl (C=O) groups is 1. The molecule has 3 rings (SSSR count). The molecule has 0 radical (unpaired) electrons. The number of amides is 1. The van der Waals surface area contributed by atoms with E-state index in [1.807, 2.05) is 43.3 Å². The van der Waals surface area contributed by atoms with E-state index in [4.69, 9.17) is 0 Å². The van der Waals surface area contributed by atoms with Crippen LogP contribution in [0.25, 0.3) is 0 Å². The van der Waals surface area contributed by atoms with Crippen LogP contribution in [0.1, 0.15) is 28.5 Å². The molecule has 1 aromatic heterocycles. The van der Waals surface area contributed by atoms with Crippen LogP contribution in [-0.4, -0.2) is 22.4 Å². The van der Waals surface area contributed by atoms with E-state index in [-0.39, 0.29) is 5.91 Å². The van der Waals surface area contributed by atoms with Gasteiger partial charge < -0.3 is 10.2 Å². The van der Waals surface area contributed by atoms with Crippen LogP contribution in [-0.2, 0) is 6.54 Å². The number of nitrogens with zero attached hydrogens (tertiary/aromatic N) is 3. The summed E-state index contributed by atoms with van der Waals surface area (Å²) in [6.07, 6.45) is 3.12. The van der Waals surface area contributed by atoms with Gasteiger partial charge in [-0.15, -0.1) is 0 Å². The van der Waals surface area contributed by atoms with E-state index in [1.54, 1.807) is 11.1 Å². The molecule has 5 nitrogen and oxygen atoms in total. The molecule has 0 aliphatic rings. The maximum absolute atomic E-state index is 12.7. The summed E-state index contributed by atoms with van der Waals surface area (Å²) < 4.78 is 0. The normalized spacial score (nSPS) is 10.4. The van der Waals surface area contributed by atoms with Crippen LogP contribution < -0.4 is 10.2 Å². The molecule has 0 atom stereocenters. The van der Waals surface area contributed by atoms with Crippen LogP contribution in [0.5, 0.6) is 0 Å². The van der Waals surface area contributed by atoms with E-state index in [2.05, 4.69) is 40.4 Å². The molecule has 0 bridgehead atoms. The van der Waals surface area contributed by atoms with Gasteiger partial charge in [-0.1, -0.05) is 48.0 Å². The Balaban J connectivity index is 1.67. The average molecular weight is 346 g/mol. The maximum atomic E-state index is 12.7. The first-order chi connectivity index (χ1) is 12.7. The van der Waals surface area contributed by atoms with Crippen LogP contribution in [0.3, 0.4) is 0 Å². The first-order valence-corrected chi connectivity index (χ1v) is 8.65. The molecule has 0 aliphatic carbocycles. The number of benzene rings is 2. The highest BCUT2D eigenvalue weighted by Crippen LogP contribution is 2.16. The van der Waals surface area contributed by atoms with Gasteiger partial charge >= 0.3 is 0 Å². The Kier molecular flexibility index (Phi) is 5.59. The predicted octanol–water partition coefficient (Wildman–Crippen LogP) is 4.06. The summed E-state index contributed by atoms with van der Waals surface area (Å²) in [6.45, 7) is 5.23. The minimum absolute atomic E-state index is 0.156. The van der Waals surface area contributed by atoms with E-state index >= 15 is 0 Å². The van der Waals surface area contributed by atoms with Crippen molar-refractivity contribution in [3.63, 3.8) is 0 Å². The van der Waals surface area contributed by atoms with Crippen molar-refractivity contribution < 1.29 is 4.79 Å². The smallest absolute Gasteiger partial charge is 0.278 e. The molecular formula is C21H22N4O. The van der Waals surface area contributed by atoms with Gasteiger partial charge in [0.25, 0.3) is 5.91 Å². The van der Waals surface area contributed by atoms with E-state index in [1.165, 1.54) is 17.3 Å². The highest BCUT2D eigenvalue weighted by atomic mass is 16.2. The molecule has 0 fully saturated rings. The number of rotatable bonds is 6. The third-order valence-electron chi connectivity index (χ3n) is 4.06. The summed E-state index contributed by atoms with van der Waals surface area (Å²) in [6, 6.07) is 17.8. The van der Waals surface area contributed by atoms with Crippen molar-refractivity contribution in [2.24, 2.45) is 0 Å². The van der Waals surface area contributed by atoms with Crippen molar-refractivity contribution in [1.29, 1.82) is 0 Å². The molecule has 3 aromatic rings. The summed E-state index contributed by atoms with van der Waals surface area (Å²) in [5, 5.41) is 3.23. The van der Waals surface area contributed by atoms with Gasteiger partial charge in [-0.2, -0.15) is 0 Å². The highest BCUT2D eigenvalue weighted by Gasteiger charge is 2.17. The van der Waals surface area contributed by atoms with Crippen molar-refractivity contribution in [2.45, 2.75) is 20.4 Å². The lowest BCUT2D eigenvalue weighted by Crippen LogP contribution is -2.31. The fraction of sp³-hybridized carbons (Fsp3) is 0.190. The lowest BCUT2D eigenvalue weighted by Gasteiger charge is -2.20. The molecule has 0 unspecified atom stereocenters. The SMILES string of the molecule is CCN(C(=O)c1cnc(NCc2cccc(C)c2)cn1)c1ccccc1. The molecule has 0 spiro atoms. The Bertz CT molecular complexity index is 863. The Labute approximate surface area is 153 Å². The number of hydrogen-bond donors (Lipinski definition) is 1. The summed E-state index contributed by atoms with van der Waals surface area (Å²) in [5.74, 6) is 0.488. The molecular weight excluding hydrogens is 324 g/mol. The second kappa shape index (κ2) is 8.25. The fourth-order valence-corrected chi connectivity index (χ4v) is 2.73. The van der Waals surface area contributed by atoms with E-state index < -0.39 is 0 Å². The molecule has 0 saturated carbocycles. The number of carbonyl (C=O) groups excluding carboxylic acids is 1. The zero-order chi connectivity index (χ0) is 18.4. The van der Waals surface area contributed by atoms with Gasteiger partial charge in [-0.05, 0) is 31.5 Å². The third-order valence-corrected chi connectivity index (χ3v) is 4.06. The van der Waals surface area contributed by atoms with Crippen LogP contribution in [0.2, 0.25) is 0 Å². The topological polar surface area (TPSA) is 58.1 Å². The number of hydrogen-bond acceptors (Lipinski definition) is 4. The molecule has 1 amide bonds. The second-order valence-corrected chi connectivity index (χ2v) is 6.01. The number of aromatic nitrogens is 2. The van der Waals surface area contributed by atoms with Crippen molar-refractivity contribution >= 4 is 17.4 Å². The average Bonchev–Trinajstić information content (AvgIpc) is 2.68. The van der Waals surface area contributed by atoms with E-state index in [0.717, 1.165) is 5.69 Å². The monoisotopic (exact) mass is 346 g/mol. The molecule has 1 N–H and O–H groups in total. The number of para-hydroxylation sites is 1. The Morgan fingerprint density at radius 3 is 2.50 bits per heavy atom. The first-order valence-electron chi connectivity index (χ1n) is 8.65. The van der Waals surface area contributed by atoms with Gasteiger partial charge in [0.05, 0.1) is 12.4 Å². The van der Waals surface area contributed by atoms with E-state index in [9.17, 15) is 4.79 Å². The number of anilines is 2. The van der Waals surface area contributed by atoms with Gasteiger partial charge in [-0.3, -0.25) is 4.79 Å². The quantitative estimate of drug-likeness (QED) is 0.731. The molecule has 2 aromatic carbocycles. The molecule has 26 heavy (non-hydrogen) atoms. The number of nitrogens with one attached hydrogen (secondary N) is 1. The summed E-state index contributed by atoms with van der Waals surface area (Å²) in [4.78, 5) is 23.0. The highest BCUT2D eigenvalue weighted by molar-refractivity contribution is 6.04. The van der Waals surface area contributed by atoms with E-state index in [0.29, 0.717) is 24.6 Å². The molecule has 0 saturated heterocycles. The lowest BCUT2D eigenvalue weighted by molar-refractivity contribution is 0.0983. The first kappa shape index (κ1) is 17.6. The molecule has 132 valence electrons. The zero-order valence-electron chi connectivity index (χ0n) is 15.0. The largest absolute Gasteiger partial charge is 0.365 e. The zero-order valence-corrected chi connectivity index (χ0v) is 15.0. The standard InChI is InChI=1S/C21H22N4O/c1-3-25(18-10-5-4-6-11-18)21(26)19-14-24-20(15-22-19)23-13-17-9-7-8-16(2)12-17/h4-12,14-15H,3,13H2,1-2H3,(H,23,24). The van der Waals surface area contributed by atoms with Crippen molar-refractivity contribution in [1.82, 2.24) is 9.97 Å². The van der Waals surface area contributed by atoms with Crippen molar-refractivity contribution in [3.8, 4) is 0 Å². The van der Waals surface area contributed by atoms with Gasteiger partial charge in [0, 0.05) is 18.8 Å². The Morgan fingerprint density at radius 1 is 1.04 bits per heavy atom. The molecule has 1 heterocycles. The van der Waals surface area contributed by atoms with Crippen LogP contribution in [0, 0.1) is 6.92 Å². The van der Waals surface area contributed by atoms with Gasteiger partial charge in [-0.25, -0.2) is 9.97 Å². The summed E-state index contributed by atoms with van der Waals surface area (Å²) in [5.41, 5.74) is 3.57. The summed E-state index contributed by atoms with van der Waals surface area (Å²) >= 11 is 0. The molecule has 0 aliphatic heterocycles. The molecule has 5 heteroatoms. The maximum Gasteiger partial charge on any atom is 0.278 e. The van der Waals surface area contributed by atoms with Crippen molar-refractivity contribution in [2.75, 3.05) is 16.8 Å². The fourth-order valence-electron chi connectivity index (χ4n) is 2.73. The van der Waals surface area contributed by atoms with Gasteiger partial charge in [0.1, 0.15) is 11.5 Å². The number of aryl methyl sites for hydroxylation is 1. The predicted molar refractivity (Wildman–Crippen MR) is 104 cm³/mol. The minimum Gasteiger partial charge on any atom is -0.365 e. The summed E-state index contributed by atoms with van der Waals surface area (Å²) in [7, 11) is 0.